The molecule has 13 heavy (non-hydrogen) atoms. The number of benzene rings is 1. The highest BCUT2D eigenvalue weighted by atomic mass is 19.1. The van der Waals surface area contributed by atoms with E-state index in [9.17, 15) is 4.39 Å². The second-order valence-corrected chi connectivity index (χ2v) is 3.10. The minimum absolute atomic E-state index is 0.0915. The molecule has 1 rings (SSSR count). The maximum Gasteiger partial charge on any atom is 0.126 e. The molecule has 1 aromatic carbocycles. The molecule has 0 aliphatic carbocycles. The van der Waals surface area contributed by atoms with Crippen LogP contribution in [0.15, 0.2) is 18.2 Å². The minimum Gasteiger partial charge on any atom is -0.396 e. The summed E-state index contributed by atoms with van der Waals surface area (Å²) in [5.74, 6) is -0.565. The molecule has 0 spiro atoms. The van der Waals surface area contributed by atoms with Crippen LogP contribution in [0, 0.1) is 5.82 Å². The molecule has 0 heterocycles. The van der Waals surface area contributed by atoms with Gasteiger partial charge in [-0.2, -0.15) is 0 Å². The van der Waals surface area contributed by atoms with E-state index in [2.05, 4.69) is 0 Å². The topological polar surface area (TPSA) is 40.5 Å². The van der Waals surface area contributed by atoms with Gasteiger partial charge in [-0.25, -0.2) is 4.39 Å². The lowest BCUT2D eigenvalue weighted by Crippen LogP contribution is -2.03. The van der Waals surface area contributed by atoms with Crippen LogP contribution in [0.2, 0.25) is 0 Å². The summed E-state index contributed by atoms with van der Waals surface area (Å²) < 4.78 is 13.2. The fourth-order valence-electron chi connectivity index (χ4n) is 1.17. The molecule has 1 atom stereocenters. The first kappa shape index (κ1) is 10.2. The Morgan fingerprint density at radius 2 is 2.08 bits per heavy atom. The van der Waals surface area contributed by atoms with Crippen LogP contribution < -0.4 is 0 Å². The second kappa shape index (κ2) is 4.35. The van der Waals surface area contributed by atoms with Crippen molar-refractivity contribution in [1.29, 1.82) is 0 Å². The predicted octanol–water partition coefficient (Wildman–Crippen LogP) is 1.41. The van der Waals surface area contributed by atoms with Crippen LogP contribution in [0.1, 0.15) is 24.0 Å². The molecule has 0 fully saturated rings. The number of rotatable bonds is 3. The number of halogens is 1. The first-order chi connectivity index (χ1) is 6.19. The molecule has 1 unspecified atom stereocenters. The average Bonchev–Trinajstić information content (AvgIpc) is 2.17. The molecule has 0 saturated heterocycles. The third kappa shape index (κ3) is 2.26. The van der Waals surface area contributed by atoms with Crippen molar-refractivity contribution in [3.63, 3.8) is 0 Å². The van der Waals surface area contributed by atoms with Gasteiger partial charge in [0.15, 0.2) is 0 Å². The van der Waals surface area contributed by atoms with Crippen LogP contribution in [0.5, 0.6) is 0 Å². The summed E-state index contributed by atoms with van der Waals surface area (Å²) in [6.07, 6.45) is 0. The van der Waals surface area contributed by atoms with Gasteiger partial charge in [-0.1, -0.05) is 19.1 Å². The van der Waals surface area contributed by atoms with Crippen molar-refractivity contribution in [3.8, 4) is 0 Å². The van der Waals surface area contributed by atoms with Crippen molar-refractivity contribution in [2.45, 2.75) is 19.4 Å². The standard InChI is InChI=1S/C10H13FO2/c1-7(5-12)9-4-8(6-13)2-3-10(9)11/h2-4,7,12-13H,5-6H2,1H3. The maximum atomic E-state index is 13.2. The van der Waals surface area contributed by atoms with Crippen LogP contribution in [0.25, 0.3) is 0 Å². The Hall–Kier alpha value is -0.930. The third-order valence-electron chi connectivity index (χ3n) is 2.05. The summed E-state index contributed by atoms with van der Waals surface area (Å²) in [6, 6.07) is 4.42. The Morgan fingerprint density at radius 1 is 1.38 bits per heavy atom. The van der Waals surface area contributed by atoms with Crippen LogP contribution >= 0.6 is 0 Å². The summed E-state index contributed by atoms with van der Waals surface area (Å²) >= 11 is 0. The normalized spacial score (nSPS) is 12.9. The van der Waals surface area contributed by atoms with Gasteiger partial charge in [0.2, 0.25) is 0 Å². The molecule has 0 aromatic heterocycles. The molecule has 0 aliphatic rings. The van der Waals surface area contributed by atoms with Crippen molar-refractivity contribution in [2.24, 2.45) is 0 Å². The Morgan fingerprint density at radius 3 is 2.62 bits per heavy atom. The summed E-state index contributed by atoms with van der Waals surface area (Å²) in [6.45, 7) is 1.54. The first-order valence-electron chi connectivity index (χ1n) is 4.19. The molecular formula is C10H13FO2. The van der Waals surface area contributed by atoms with E-state index < -0.39 is 0 Å². The van der Waals surface area contributed by atoms with Gasteiger partial charge in [0.1, 0.15) is 5.82 Å². The summed E-state index contributed by atoms with van der Waals surface area (Å²) in [4.78, 5) is 0. The van der Waals surface area contributed by atoms with Crippen molar-refractivity contribution < 1.29 is 14.6 Å². The zero-order valence-electron chi connectivity index (χ0n) is 7.50. The van der Waals surface area contributed by atoms with Gasteiger partial charge in [0.05, 0.1) is 6.61 Å². The highest BCUT2D eigenvalue weighted by Gasteiger charge is 2.10. The largest absolute Gasteiger partial charge is 0.396 e. The summed E-state index contributed by atoms with van der Waals surface area (Å²) in [7, 11) is 0. The number of hydrogen-bond donors (Lipinski definition) is 2. The van der Waals surface area contributed by atoms with Crippen molar-refractivity contribution in [3.05, 3.63) is 35.1 Å². The van der Waals surface area contributed by atoms with E-state index in [1.165, 1.54) is 12.1 Å². The van der Waals surface area contributed by atoms with Gasteiger partial charge in [0.25, 0.3) is 0 Å². The first-order valence-corrected chi connectivity index (χ1v) is 4.19. The van der Waals surface area contributed by atoms with E-state index in [0.29, 0.717) is 11.1 Å². The zero-order valence-corrected chi connectivity index (χ0v) is 7.50. The summed E-state index contributed by atoms with van der Waals surface area (Å²) in [5, 5.41) is 17.7. The lowest BCUT2D eigenvalue weighted by molar-refractivity contribution is 0.268. The molecule has 0 aliphatic heterocycles. The molecule has 1 aromatic rings. The number of aliphatic hydroxyl groups is 2. The van der Waals surface area contributed by atoms with Gasteiger partial charge in [-0.3, -0.25) is 0 Å². The van der Waals surface area contributed by atoms with Gasteiger partial charge < -0.3 is 10.2 Å². The molecule has 72 valence electrons. The highest BCUT2D eigenvalue weighted by Crippen LogP contribution is 2.19. The molecule has 3 heteroatoms. The van der Waals surface area contributed by atoms with Gasteiger partial charge >= 0.3 is 0 Å². The van der Waals surface area contributed by atoms with Crippen LogP contribution in [0.3, 0.4) is 0 Å². The highest BCUT2D eigenvalue weighted by molar-refractivity contribution is 5.27. The molecule has 0 amide bonds. The summed E-state index contributed by atoms with van der Waals surface area (Å²) in [5.41, 5.74) is 1.12. The van der Waals surface area contributed by atoms with E-state index in [4.69, 9.17) is 10.2 Å². The minimum atomic E-state index is -0.334. The smallest absolute Gasteiger partial charge is 0.126 e. The third-order valence-corrected chi connectivity index (χ3v) is 2.05. The van der Waals surface area contributed by atoms with E-state index in [0.717, 1.165) is 0 Å². The van der Waals surface area contributed by atoms with Crippen molar-refractivity contribution >= 4 is 0 Å². The van der Waals surface area contributed by atoms with Crippen molar-refractivity contribution in [1.82, 2.24) is 0 Å². The van der Waals surface area contributed by atoms with E-state index in [-0.39, 0.29) is 24.9 Å². The van der Waals surface area contributed by atoms with Crippen molar-refractivity contribution in [2.75, 3.05) is 6.61 Å². The lowest BCUT2D eigenvalue weighted by Gasteiger charge is -2.10. The fourth-order valence-corrected chi connectivity index (χ4v) is 1.17. The maximum absolute atomic E-state index is 13.2. The molecule has 2 N–H and O–H groups in total. The second-order valence-electron chi connectivity index (χ2n) is 3.10. The number of aliphatic hydroxyl groups excluding tert-OH is 2. The Kier molecular flexibility index (Phi) is 3.39. The zero-order chi connectivity index (χ0) is 9.84. The van der Waals surface area contributed by atoms with Gasteiger partial charge in [-0.15, -0.1) is 0 Å². The van der Waals surface area contributed by atoms with E-state index >= 15 is 0 Å². The molecule has 0 radical (unpaired) electrons. The molecule has 0 saturated carbocycles. The van der Waals surface area contributed by atoms with E-state index in [1.807, 2.05) is 0 Å². The van der Waals surface area contributed by atoms with Gasteiger partial charge in [-0.05, 0) is 17.2 Å². The van der Waals surface area contributed by atoms with E-state index in [1.54, 1.807) is 13.0 Å². The monoisotopic (exact) mass is 184 g/mol. The molecular weight excluding hydrogens is 171 g/mol. The Bertz CT molecular complexity index is 286. The van der Waals surface area contributed by atoms with Crippen LogP contribution in [-0.2, 0) is 6.61 Å². The SMILES string of the molecule is CC(CO)c1cc(CO)ccc1F. The Balaban J connectivity index is 3.03. The molecule has 2 nitrogen and oxygen atoms in total. The molecule has 0 bridgehead atoms. The lowest BCUT2D eigenvalue weighted by atomic mass is 9.99. The van der Waals surface area contributed by atoms with Crippen LogP contribution in [0.4, 0.5) is 4.39 Å². The van der Waals surface area contributed by atoms with Gasteiger partial charge in [0, 0.05) is 12.5 Å². The quantitative estimate of drug-likeness (QED) is 0.745. The average molecular weight is 184 g/mol. The van der Waals surface area contributed by atoms with Crippen LogP contribution in [-0.4, -0.2) is 16.8 Å². The Labute approximate surface area is 76.6 Å². The predicted molar refractivity (Wildman–Crippen MR) is 47.8 cm³/mol. The number of hydrogen-bond acceptors (Lipinski definition) is 2. The fraction of sp³-hybridized carbons (Fsp3) is 0.400.